The van der Waals surface area contributed by atoms with Gasteiger partial charge in [-0.1, -0.05) is 41.9 Å². The largest absolute Gasteiger partial charge is 0.478 e. The lowest BCUT2D eigenvalue weighted by Gasteiger charge is -2.32. The lowest BCUT2D eigenvalue weighted by Crippen LogP contribution is -2.30. The van der Waals surface area contributed by atoms with E-state index in [1.165, 1.54) is 18.2 Å². The molecule has 6 heteroatoms. The fourth-order valence-electron chi connectivity index (χ4n) is 3.56. The number of carbonyl (C=O) groups is 1. The van der Waals surface area contributed by atoms with Crippen LogP contribution < -0.4 is 5.32 Å². The Morgan fingerprint density at radius 1 is 1.07 bits per heavy atom. The Morgan fingerprint density at radius 3 is 2.55 bits per heavy atom. The Kier molecular flexibility index (Phi) is 4.63. The van der Waals surface area contributed by atoms with Crippen molar-refractivity contribution < 1.29 is 14.3 Å². The van der Waals surface area contributed by atoms with E-state index < -0.39 is 11.5 Å². The summed E-state index contributed by atoms with van der Waals surface area (Å²) in [6.45, 7) is 3.93. The van der Waals surface area contributed by atoms with Gasteiger partial charge in [-0.05, 0) is 55.3 Å². The average molecular weight is 409 g/mol. The molecule has 0 saturated heterocycles. The Balaban J connectivity index is 1.94. The summed E-state index contributed by atoms with van der Waals surface area (Å²) in [5, 5.41) is 13.3. The minimum atomic E-state index is -1.05. The summed E-state index contributed by atoms with van der Waals surface area (Å²) < 4.78 is 13.8. The van der Waals surface area contributed by atoms with Gasteiger partial charge < -0.3 is 10.4 Å². The number of para-hydroxylation sites is 1. The lowest BCUT2D eigenvalue weighted by molar-refractivity contribution is 0.0697. The normalized spacial score (nSPS) is 14.6. The van der Waals surface area contributed by atoms with E-state index in [2.05, 4.69) is 5.32 Å². The van der Waals surface area contributed by atoms with E-state index in [9.17, 15) is 14.3 Å². The fourth-order valence-corrected chi connectivity index (χ4v) is 3.78. The number of amidine groups is 1. The Hall–Kier alpha value is -3.18. The van der Waals surface area contributed by atoms with Crippen molar-refractivity contribution in [2.45, 2.75) is 19.4 Å². The van der Waals surface area contributed by atoms with Gasteiger partial charge >= 0.3 is 5.97 Å². The molecule has 146 valence electrons. The molecule has 0 bridgehead atoms. The fraction of sp³-hybridized carbons (Fsp3) is 0.130. The first-order chi connectivity index (χ1) is 13.8. The van der Waals surface area contributed by atoms with Crippen molar-refractivity contribution in [1.82, 2.24) is 0 Å². The van der Waals surface area contributed by atoms with Crippen LogP contribution in [0.4, 0.5) is 10.1 Å². The Labute approximate surface area is 172 Å². The van der Waals surface area contributed by atoms with Gasteiger partial charge in [0.15, 0.2) is 0 Å². The molecule has 0 aromatic heterocycles. The molecule has 0 spiro atoms. The number of hydrogen-bond acceptors (Lipinski definition) is 3. The van der Waals surface area contributed by atoms with Gasteiger partial charge in [0.05, 0.1) is 21.8 Å². The summed E-state index contributed by atoms with van der Waals surface area (Å²) >= 11 is 6.42. The van der Waals surface area contributed by atoms with Crippen molar-refractivity contribution in [3.8, 4) is 11.1 Å². The molecule has 0 aliphatic carbocycles. The summed E-state index contributed by atoms with van der Waals surface area (Å²) in [6, 6.07) is 16.5. The highest BCUT2D eigenvalue weighted by atomic mass is 35.5. The zero-order chi connectivity index (χ0) is 20.8. The molecule has 1 aliphatic heterocycles. The number of nitrogens with zero attached hydrogens (tertiary/aromatic N) is 1. The lowest BCUT2D eigenvalue weighted by atomic mass is 9.89. The van der Waals surface area contributed by atoms with Crippen LogP contribution in [0.3, 0.4) is 0 Å². The summed E-state index contributed by atoms with van der Waals surface area (Å²) in [7, 11) is 0. The quantitative estimate of drug-likeness (QED) is 0.562. The molecule has 0 atom stereocenters. The number of rotatable bonds is 3. The van der Waals surface area contributed by atoms with Gasteiger partial charge in [-0.2, -0.15) is 0 Å². The number of halogens is 2. The van der Waals surface area contributed by atoms with Crippen molar-refractivity contribution in [1.29, 1.82) is 0 Å². The van der Waals surface area contributed by atoms with Crippen molar-refractivity contribution in [2.75, 3.05) is 5.32 Å². The standard InChI is InChI=1S/C23H18ClFN2O2/c1-23(2)18-7-4-8-19(24)20(18)26-21(27-23)17-12-14(22(28)29)9-10-16(17)13-5-3-6-15(25)11-13/h3-12H,1-2H3,(H,26,27)(H,28,29). The SMILES string of the molecule is CC1(C)N=C(c2cc(C(=O)O)ccc2-c2cccc(F)c2)Nc2c(Cl)cccc21. The van der Waals surface area contributed by atoms with Gasteiger partial charge in [0.25, 0.3) is 0 Å². The minimum Gasteiger partial charge on any atom is -0.478 e. The smallest absolute Gasteiger partial charge is 0.335 e. The van der Waals surface area contributed by atoms with Crippen LogP contribution in [0.15, 0.2) is 65.7 Å². The third-order valence-corrected chi connectivity index (χ3v) is 5.28. The number of aromatic carboxylic acids is 1. The second kappa shape index (κ2) is 7.01. The predicted molar refractivity (Wildman–Crippen MR) is 113 cm³/mol. The summed E-state index contributed by atoms with van der Waals surface area (Å²) in [5.41, 5.74) is 3.07. The first kappa shape index (κ1) is 19.2. The van der Waals surface area contributed by atoms with Crippen LogP contribution in [0.25, 0.3) is 11.1 Å². The van der Waals surface area contributed by atoms with Crippen LogP contribution in [-0.2, 0) is 5.54 Å². The van der Waals surface area contributed by atoms with Gasteiger partial charge in [-0.15, -0.1) is 0 Å². The molecule has 3 aromatic carbocycles. The Morgan fingerprint density at radius 2 is 1.83 bits per heavy atom. The van der Waals surface area contributed by atoms with Gasteiger partial charge in [0, 0.05) is 11.1 Å². The zero-order valence-corrected chi connectivity index (χ0v) is 16.6. The van der Waals surface area contributed by atoms with E-state index in [4.69, 9.17) is 16.6 Å². The molecule has 4 nitrogen and oxygen atoms in total. The van der Waals surface area contributed by atoms with E-state index in [0.29, 0.717) is 27.5 Å². The molecule has 4 rings (SSSR count). The molecule has 1 aliphatic rings. The van der Waals surface area contributed by atoms with Crippen molar-refractivity contribution in [2.24, 2.45) is 4.99 Å². The van der Waals surface area contributed by atoms with Crippen molar-refractivity contribution in [3.05, 3.63) is 88.2 Å². The van der Waals surface area contributed by atoms with Crippen LogP contribution in [0, 0.1) is 5.82 Å². The molecular weight excluding hydrogens is 391 g/mol. The minimum absolute atomic E-state index is 0.118. The van der Waals surface area contributed by atoms with E-state index in [1.807, 2.05) is 26.0 Å². The van der Waals surface area contributed by atoms with Crippen LogP contribution in [0.1, 0.15) is 35.3 Å². The van der Waals surface area contributed by atoms with E-state index >= 15 is 0 Å². The summed E-state index contributed by atoms with van der Waals surface area (Å²) in [4.78, 5) is 16.4. The predicted octanol–water partition coefficient (Wildman–Crippen LogP) is 5.95. The van der Waals surface area contributed by atoms with Crippen LogP contribution in [-0.4, -0.2) is 16.9 Å². The number of carboxylic acids is 1. The molecule has 0 fully saturated rings. The Bertz CT molecular complexity index is 1170. The number of fused-ring (bicyclic) bond motifs is 1. The number of aliphatic imine (C=N–C) groups is 1. The zero-order valence-electron chi connectivity index (χ0n) is 15.8. The molecule has 0 unspecified atom stereocenters. The maximum absolute atomic E-state index is 13.8. The maximum Gasteiger partial charge on any atom is 0.335 e. The van der Waals surface area contributed by atoms with Crippen molar-refractivity contribution >= 4 is 29.1 Å². The highest BCUT2D eigenvalue weighted by Gasteiger charge is 2.31. The molecular formula is C23H18ClFN2O2. The van der Waals surface area contributed by atoms with Crippen LogP contribution in [0.2, 0.25) is 5.02 Å². The third-order valence-electron chi connectivity index (χ3n) is 4.96. The topological polar surface area (TPSA) is 61.7 Å². The van der Waals surface area contributed by atoms with Crippen LogP contribution in [0.5, 0.6) is 0 Å². The summed E-state index contributed by atoms with van der Waals surface area (Å²) in [6.07, 6.45) is 0. The third kappa shape index (κ3) is 3.49. The number of benzene rings is 3. The van der Waals surface area contributed by atoms with Gasteiger partial charge in [-0.3, -0.25) is 4.99 Å². The van der Waals surface area contributed by atoms with Crippen molar-refractivity contribution in [3.63, 3.8) is 0 Å². The van der Waals surface area contributed by atoms with E-state index in [0.717, 1.165) is 11.3 Å². The first-order valence-corrected chi connectivity index (χ1v) is 9.43. The second-order valence-corrected chi connectivity index (χ2v) is 7.79. The molecule has 0 amide bonds. The second-order valence-electron chi connectivity index (χ2n) is 7.38. The monoisotopic (exact) mass is 408 g/mol. The molecule has 29 heavy (non-hydrogen) atoms. The molecule has 0 radical (unpaired) electrons. The number of carboxylic acid groups (broad SMARTS) is 1. The number of anilines is 1. The van der Waals surface area contributed by atoms with E-state index in [1.54, 1.807) is 30.3 Å². The van der Waals surface area contributed by atoms with Gasteiger partial charge in [0.1, 0.15) is 11.7 Å². The number of hydrogen-bond donors (Lipinski definition) is 2. The average Bonchev–Trinajstić information content (AvgIpc) is 2.67. The molecule has 1 heterocycles. The highest BCUT2D eigenvalue weighted by molar-refractivity contribution is 6.34. The molecule has 0 saturated carbocycles. The number of nitrogens with one attached hydrogen (secondary N) is 1. The molecule has 3 aromatic rings. The first-order valence-electron chi connectivity index (χ1n) is 9.06. The van der Waals surface area contributed by atoms with Gasteiger partial charge in [-0.25, -0.2) is 9.18 Å². The summed E-state index contributed by atoms with van der Waals surface area (Å²) in [5.74, 6) is -0.938. The van der Waals surface area contributed by atoms with Crippen LogP contribution >= 0.6 is 11.6 Å². The van der Waals surface area contributed by atoms with Gasteiger partial charge in [0.2, 0.25) is 0 Å². The van der Waals surface area contributed by atoms with E-state index in [-0.39, 0.29) is 11.4 Å². The molecule has 2 N–H and O–H groups in total. The maximum atomic E-state index is 13.8. The highest BCUT2D eigenvalue weighted by Crippen LogP contribution is 2.40.